The molecule has 2 amide bonds. The third kappa shape index (κ3) is 5.59. The van der Waals surface area contributed by atoms with Crippen molar-refractivity contribution in [2.75, 3.05) is 11.4 Å². The van der Waals surface area contributed by atoms with Crippen LogP contribution in [0.15, 0.2) is 65.1 Å². The lowest BCUT2D eigenvalue weighted by molar-refractivity contribution is -0.127. The largest absolute Gasteiger partial charge is 0.464 e. The molecule has 4 aromatic rings. The van der Waals surface area contributed by atoms with Gasteiger partial charge in [-0.05, 0) is 62.6 Å². The Hall–Kier alpha value is -3.94. The smallest absolute Gasteiger partial charge is 0.251 e. The first kappa shape index (κ1) is 24.2. The van der Waals surface area contributed by atoms with Crippen LogP contribution in [0.2, 0.25) is 0 Å². The maximum absolute atomic E-state index is 13.9. The van der Waals surface area contributed by atoms with Crippen LogP contribution in [0.5, 0.6) is 0 Å². The van der Waals surface area contributed by atoms with Crippen LogP contribution in [-0.2, 0) is 16.1 Å². The van der Waals surface area contributed by atoms with E-state index < -0.39 is 6.04 Å². The van der Waals surface area contributed by atoms with Crippen LogP contribution in [-0.4, -0.2) is 33.4 Å². The molecule has 0 saturated heterocycles. The minimum Gasteiger partial charge on any atom is -0.464 e. The Kier molecular flexibility index (Phi) is 7.29. The van der Waals surface area contributed by atoms with E-state index in [0.717, 1.165) is 17.5 Å². The fourth-order valence-corrected chi connectivity index (χ4v) is 3.94. The summed E-state index contributed by atoms with van der Waals surface area (Å²) < 4.78 is 7.44. The number of aromatic nitrogens is 3. The summed E-state index contributed by atoms with van der Waals surface area (Å²) >= 11 is 0. The van der Waals surface area contributed by atoms with Gasteiger partial charge in [0, 0.05) is 12.2 Å². The first-order valence-corrected chi connectivity index (χ1v) is 11.8. The molecule has 0 aliphatic heterocycles. The van der Waals surface area contributed by atoms with E-state index in [1.165, 1.54) is 4.90 Å². The molecule has 0 spiro atoms. The van der Waals surface area contributed by atoms with Crippen LogP contribution >= 0.6 is 0 Å². The van der Waals surface area contributed by atoms with E-state index in [1.807, 2.05) is 62.4 Å². The Morgan fingerprint density at radius 3 is 2.46 bits per heavy atom. The lowest BCUT2D eigenvalue weighted by atomic mass is 10.1. The highest BCUT2D eigenvalue weighted by molar-refractivity contribution is 6.01. The molecule has 1 atom stereocenters. The number of para-hydroxylation sites is 1. The van der Waals surface area contributed by atoms with Gasteiger partial charge in [0.1, 0.15) is 23.6 Å². The predicted octanol–water partition coefficient (Wildman–Crippen LogP) is 4.58. The summed E-state index contributed by atoms with van der Waals surface area (Å²) in [6.07, 6.45) is 0.832. The van der Waals surface area contributed by atoms with Gasteiger partial charge >= 0.3 is 0 Å². The van der Waals surface area contributed by atoms with E-state index in [1.54, 1.807) is 16.8 Å². The highest BCUT2D eigenvalue weighted by Gasteiger charge is 2.35. The Labute approximate surface area is 204 Å². The summed E-state index contributed by atoms with van der Waals surface area (Å²) in [6.45, 7) is 8.43. The van der Waals surface area contributed by atoms with E-state index in [9.17, 15) is 9.59 Å². The van der Waals surface area contributed by atoms with Crippen LogP contribution in [0, 0.1) is 19.8 Å². The SMILES string of the molecule is Cc1ccc(N(C(=O)Cn2nnc3ccccc32)C(C(=O)NCCC(C)C)c2ccc(C)o2)cc1. The van der Waals surface area contributed by atoms with Gasteiger partial charge in [0.2, 0.25) is 5.91 Å². The Balaban J connectivity index is 1.73. The molecule has 8 heteroatoms. The van der Waals surface area contributed by atoms with Crippen LogP contribution in [0.4, 0.5) is 5.69 Å². The molecule has 0 aliphatic carbocycles. The molecular formula is C27H31N5O3. The van der Waals surface area contributed by atoms with E-state index in [0.29, 0.717) is 35.2 Å². The molecule has 0 aliphatic rings. The first-order chi connectivity index (χ1) is 16.8. The van der Waals surface area contributed by atoms with Gasteiger partial charge in [-0.2, -0.15) is 0 Å². The number of benzene rings is 2. The van der Waals surface area contributed by atoms with Gasteiger partial charge in [-0.15, -0.1) is 5.10 Å². The number of rotatable bonds is 9. The number of aryl methyl sites for hydroxylation is 2. The molecule has 2 heterocycles. The minimum atomic E-state index is -0.971. The van der Waals surface area contributed by atoms with E-state index in [-0.39, 0.29) is 18.4 Å². The number of carbonyl (C=O) groups is 2. The predicted molar refractivity (Wildman–Crippen MR) is 135 cm³/mol. The normalized spacial score (nSPS) is 12.1. The number of nitrogens with zero attached hydrogens (tertiary/aromatic N) is 4. The van der Waals surface area contributed by atoms with Gasteiger partial charge in [-0.25, -0.2) is 4.68 Å². The van der Waals surface area contributed by atoms with Gasteiger partial charge in [-0.3, -0.25) is 14.5 Å². The third-order valence-electron chi connectivity index (χ3n) is 5.84. The van der Waals surface area contributed by atoms with Crippen molar-refractivity contribution in [3.63, 3.8) is 0 Å². The average molecular weight is 474 g/mol. The lowest BCUT2D eigenvalue weighted by Crippen LogP contribution is -2.45. The molecule has 1 unspecified atom stereocenters. The summed E-state index contributed by atoms with van der Waals surface area (Å²) in [5.74, 6) is 0.912. The Morgan fingerprint density at radius 2 is 1.77 bits per heavy atom. The second-order valence-corrected chi connectivity index (χ2v) is 9.16. The summed E-state index contributed by atoms with van der Waals surface area (Å²) in [4.78, 5) is 28.9. The van der Waals surface area contributed by atoms with Crippen molar-refractivity contribution in [1.29, 1.82) is 0 Å². The molecular weight excluding hydrogens is 442 g/mol. The van der Waals surface area contributed by atoms with E-state index >= 15 is 0 Å². The van der Waals surface area contributed by atoms with E-state index in [4.69, 9.17) is 4.42 Å². The van der Waals surface area contributed by atoms with Crippen LogP contribution < -0.4 is 10.2 Å². The zero-order valence-electron chi connectivity index (χ0n) is 20.6. The van der Waals surface area contributed by atoms with Crippen LogP contribution in [0.1, 0.15) is 43.4 Å². The highest BCUT2D eigenvalue weighted by atomic mass is 16.3. The molecule has 0 bridgehead atoms. The summed E-state index contributed by atoms with van der Waals surface area (Å²) in [7, 11) is 0. The zero-order valence-corrected chi connectivity index (χ0v) is 20.6. The Bertz CT molecular complexity index is 1310. The number of fused-ring (bicyclic) bond motifs is 1. The summed E-state index contributed by atoms with van der Waals surface area (Å²) in [5.41, 5.74) is 3.10. The molecule has 0 radical (unpaired) electrons. The fraction of sp³-hybridized carbons (Fsp3) is 0.333. The van der Waals surface area contributed by atoms with Crippen LogP contribution in [0.25, 0.3) is 11.0 Å². The van der Waals surface area contributed by atoms with Gasteiger partial charge in [-0.1, -0.05) is 48.9 Å². The molecule has 0 fully saturated rings. The molecule has 182 valence electrons. The van der Waals surface area contributed by atoms with E-state index in [2.05, 4.69) is 29.5 Å². The number of amides is 2. The number of nitrogens with one attached hydrogen (secondary N) is 1. The molecule has 2 aromatic heterocycles. The number of hydrogen-bond acceptors (Lipinski definition) is 5. The molecule has 8 nitrogen and oxygen atoms in total. The van der Waals surface area contributed by atoms with Crippen molar-refractivity contribution < 1.29 is 14.0 Å². The number of furan rings is 1. The van der Waals surface area contributed by atoms with Crippen molar-refractivity contribution >= 4 is 28.5 Å². The maximum atomic E-state index is 13.9. The van der Waals surface area contributed by atoms with Crippen molar-refractivity contribution in [2.45, 2.75) is 46.7 Å². The average Bonchev–Trinajstić information content (AvgIpc) is 3.44. The molecule has 2 aromatic carbocycles. The topological polar surface area (TPSA) is 93.3 Å². The van der Waals surface area contributed by atoms with Gasteiger partial charge in [0.15, 0.2) is 6.04 Å². The van der Waals surface area contributed by atoms with Gasteiger partial charge in [0.25, 0.3) is 5.91 Å². The summed E-state index contributed by atoms with van der Waals surface area (Å²) in [6, 6.07) is 17.6. The second kappa shape index (κ2) is 10.5. The molecule has 4 rings (SSSR count). The number of hydrogen-bond donors (Lipinski definition) is 1. The first-order valence-electron chi connectivity index (χ1n) is 11.8. The molecule has 35 heavy (non-hydrogen) atoms. The lowest BCUT2D eigenvalue weighted by Gasteiger charge is -2.30. The van der Waals surface area contributed by atoms with Crippen LogP contribution in [0.3, 0.4) is 0 Å². The number of carbonyl (C=O) groups excluding carboxylic acids is 2. The Morgan fingerprint density at radius 1 is 1.03 bits per heavy atom. The van der Waals surface area contributed by atoms with Crippen molar-refractivity contribution in [1.82, 2.24) is 20.3 Å². The molecule has 0 saturated carbocycles. The van der Waals surface area contributed by atoms with Crippen molar-refractivity contribution in [2.24, 2.45) is 5.92 Å². The zero-order chi connectivity index (χ0) is 24.9. The van der Waals surface area contributed by atoms with Crippen molar-refractivity contribution in [3.8, 4) is 0 Å². The highest BCUT2D eigenvalue weighted by Crippen LogP contribution is 2.30. The monoisotopic (exact) mass is 473 g/mol. The van der Waals surface area contributed by atoms with Gasteiger partial charge < -0.3 is 9.73 Å². The second-order valence-electron chi connectivity index (χ2n) is 9.16. The van der Waals surface area contributed by atoms with Crippen molar-refractivity contribution in [3.05, 3.63) is 77.7 Å². The standard InChI is InChI=1S/C27H31N5O3/c1-18(2)15-16-28-27(34)26(24-14-11-20(4)35-24)32(21-12-9-19(3)10-13-21)25(33)17-31-23-8-6-5-7-22(23)29-30-31/h5-14,18,26H,15-17H2,1-4H3,(H,28,34). The molecule has 1 N–H and O–H groups in total. The number of anilines is 1. The summed E-state index contributed by atoms with van der Waals surface area (Å²) in [5, 5.41) is 11.3. The third-order valence-corrected chi connectivity index (χ3v) is 5.84. The maximum Gasteiger partial charge on any atom is 0.251 e. The minimum absolute atomic E-state index is 0.0795. The van der Waals surface area contributed by atoms with Gasteiger partial charge in [0.05, 0.1) is 5.52 Å². The fourth-order valence-electron chi connectivity index (χ4n) is 3.94. The quantitative estimate of drug-likeness (QED) is 0.384.